The van der Waals surface area contributed by atoms with Gasteiger partial charge in [-0.05, 0) is 78.6 Å². The van der Waals surface area contributed by atoms with E-state index < -0.39 is 21.9 Å². The molecular weight excluding hydrogens is 527 g/mol. The minimum absolute atomic E-state index is 0.0319. The Balaban J connectivity index is 1.32. The fourth-order valence-electron chi connectivity index (χ4n) is 5.69. The standard InChI is InChI=1S/C31H31FN4O3S/c1-35-16-15-33-30(35)20-36(31(37)28-19-26(28)21-7-3-2-4-8-21)24-14-13-22-9-5-12-29(27(22)18-24)34-40(38,39)25-11-6-10-23(32)17-25/h2-4,6-8,10-11,13-18,26,28-29,34H,5,9,12,19-20H2,1H3/t26-,28-,29-/m1/s1. The third kappa shape index (κ3) is 5.31. The van der Waals surface area contributed by atoms with Gasteiger partial charge in [0.1, 0.15) is 11.6 Å². The largest absolute Gasteiger partial charge is 0.337 e. The first-order valence-electron chi connectivity index (χ1n) is 13.5. The molecule has 4 aromatic rings. The molecule has 0 saturated heterocycles. The van der Waals surface area contributed by atoms with Gasteiger partial charge in [0.05, 0.1) is 11.4 Å². The average Bonchev–Trinajstić information content (AvgIpc) is 3.66. The van der Waals surface area contributed by atoms with Crippen LogP contribution in [0.5, 0.6) is 0 Å². The fraction of sp³-hybridized carbons (Fsp3) is 0.290. The number of aryl methyl sites for hydroxylation is 2. The van der Waals surface area contributed by atoms with Crippen molar-refractivity contribution in [1.82, 2.24) is 14.3 Å². The summed E-state index contributed by atoms with van der Waals surface area (Å²) in [6.45, 7) is 0.304. The van der Waals surface area contributed by atoms with Crippen molar-refractivity contribution in [2.75, 3.05) is 4.90 Å². The zero-order chi connectivity index (χ0) is 27.9. The van der Waals surface area contributed by atoms with E-state index >= 15 is 0 Å². The maximum atomic E-state index is 14.0. The summed E-state index contributed by atoms with van der Waals surface area (Å²) in [4.78, 5) is 20.1. The molecule has 0 bridgehead atoms. The predicted molar refractivity (Wildman–Crippen MR) is 151 cm³/mol. The van der Waals surface area contributed by atoms with Crippen molar-refractivity contribution in [3.05, 3.63) is 114 Å². The molecule has 1 aromatic heterocycles. The van der Waals surface area contributed by atoms with Crippen LogP contribution in [0.15, 0.2) is 90.1 Å². The van der Waals surface area contributed by atoms with Crippen LogP contribution in [0.25, 0.3) is 0 Å². The number of nitrogens with zero attached hydrogens (tertiary/aromatic N) is 3. The zero-order valence-electron chi connectivity index (χ0n) is 22.2. The van der Waals surface area contributed by atoms with E-state index in [1.165, 1.54) is 18.2 Å². The van der Waals surface area contributed by atoms with E-state index in [1.807, 2.05) is 54.2 Å². The smallest absolute Gasteiger partial charge is 0.241 e. The van der Waals surface area contributed by atoms with Gasteiger partial charge in [0.25, 0.3) is 0 Å². The molecule has 1 amide bonds. The Bertz CT molecular complexity index is 1650. The number of imidazole rings is 1. The van der Waals surface area contributed by atoms with Crippen molar-refractivity contribution in [2.24, 2.45) is 13.0 Å². The van der Waals surface area contributed by atoms with E-state index in [1.54, 1.807) is 11.1 Å². The second kappa shape index (κ2) is 10.6. The maximum absolute atomic E-state index is 14.0. The van der Waals surface area contributed by atoms with E-state index in [9.17, 15) is 17.6 Å². The van der Waals surface area contributed by atoms with Crippen molar-refractivity contribution in [3.8, 4) is 0 Å². The first-order valence-corrected chi connectivity index (χ1v) is 15.0. The molecule has 2 aliphatic rings. The molecule has 206 valence electrons. The Hall–Kier alpha value is -3.82. The van der Waals surface area contributed by atoms with Gasteiger partial charge in [-0.25, -0.2) is 22.5 Å². The monoisotopic (exact) mass is 558 g/mol. The number of anilines is 1. The van der Waals surface area contributed by atoms with Crippen molar-refractivity contribution >= 4 is 21.6 Å². The molecule has 6 rings (SSSR count). The van der Waals surface area contributed by atoms with Crippen LogP contribution in [0.3, 0.4) is 0 Å². The number of hydrogen-bond donors (Lipinski definition) is 1. The van der Waals surface area contributed by atoms with Crippen LogP contribution in [0.4, 0.5) is 10.1 Å². The molecule has 40 heavy (non-hydrogen) atoms. The molecule has 1 heterocycles. The lowest BCUT2D eigenvalue weighted by Gasteiger charge is -2.29. The summed E-state index contributed by atoms with van der Waals surface area (Å²) in [6, 6.07) is 20.5. The molecule has 2 aliphatic carbocycles. The Morgan fingerprint density at radius 2 is 1.93 bits per heavy atom. The third-order valence-electron chi connectivity index (χ3n) is 7.98. The van der Waals surface area contributed by atoms with Gasteiger partial charge in [-0.2, -0.15) is 0 Å². The number of hydrogen-bond acceptors (Lipinski definition) is 4. The van der Waals surface area contributed by atoms with Gasteiger partial charge < -0.3 is 9.47 Å². The van der Waals surface area contributed by atoms with E-state index in [-0.39, 0.29) is 22.6 Å². The predicted octanol–water partition coefficient (Wildman–Crippen LogP) is 5.25. The van der Waals surface area contributed by atoms with E-state index in [0.717, 1.165) is 47.8 Å². The number of amides is 1. The number of fused-ring (bicyclic) bond motifs is 1. The molecule has 7 nitrogen and oxygen atoms in total. The number of carbonyl (C=O) groups is 1. The van der Waals surface area contributed by atoms with Crippen LogP contribution in [-0.4, -0.2) is 23.9 Å². The molecule has 9 heteroatoms. The first-order chi connectivity index (χ1) is 19.3. The van der Waals surface area contributed by atoms with Crippen LogP contribution in [0.2, 0.25) is 0 Å². The van der Waals surface area contributed by atoms with E-state index in [2.05, 4.69) is 21.8 Å². The van der Waals surface area contributed by atoms with Crippen molar-refractivity contribution in [3.63, 3.8) is 0 Å². The summed E-state index contributed by atoms with van der Waals surface area (Å²) in [5.41, 5.74) is 3.76. The molecule has 0 unspecified atom stereocenters. The summed E-state index contributed by atoms with van der Waals surface area (Å²) in [5.74, 6) is 0.240. The van der Waals surface area contributed by atoms with Crippen molar-refractivity contribution in [2.45, 2.75) is 49.1 Å². The number of carbonyl (C=O) groups excluding carboxylic acids is 1. The lowest BCUT2D eigenvalue weighted by Crippen LogP contribution is -2.34. The Morgan fingerprint density at radius 3 is 2.67 bits per heavy atom. The van der Waals surface area contributed by atoms with Gasteiger partial charge in [0.15, 0.2) is 0 Å². The zero-order valence-corrected chi connectivity index (χ0v) is 23.0. The van der Waals surface area contributed by atoms with Crippen molar-refractivity contribution in [1.29, 1.82) is 0 Å². The lowest BCUT2D eigenvalue weighted by molar-refractivity contribution is -0.120. The van der Waals surface area contributed by atoms with Crippen LogP contribution >= 0.6 is 0 Å². The topological polar surface area (TPSA) is 84.3 Å². The van der Waals surface area contributed by atoms with Crippen LogP contribution in [-0.2, 0) is 34.8 Å². The average molecular weight is 559 g/mol. The summed E-state index contributed by atoms with van der Waals surface area (Å²) in [5, 5.41) is 0. The third-order valence-corrected chi connectivity index (χ3v) is 9.45. The number of aromatic nitrogens is 2. The Labute approximate surface area is 233 Å². The van der Waals surface area contributed by atoms with Gasteiger partial charge in [-0.1, -0.05) is 42.5 Å². The highest BCUT2D eigenvalue weighted by Gasteiger charge is 2.46. The molecule has 3 aromatic carbocycles. The summed E-state index contributed by atoms with van der Waals surface area (Å²) < 4.78 is 44.8. The summed E-state index contributed by atoms with van der Waals surface area (Å²) in [7, 11) is -2.04. The van der Waals surface area contributed by atoms with Gasteiger partial charge in [-0.3, -0.25) is 4.79 Å². The van der Waals surface area contributed by atoms with Gasteiger partial charge in [-0.15, -0.1) is 0 Å². The second-order valence-electron chi connectivity index (χ2n) is 10.6. The molecule has 1 N–H and O–H groups in total. The fourth-order valence-corrected chi connectivity index (χ4v) is 6.97. The molecule has 1 saturated carbocycles. The molecular formula is C31H31FN4O3S. The van der Waals surface area contributed by atoms with E-state index in [0.29, 0.717) is 18.7 Å². The lowest BCUT2D eigenvalue weighted by atomic mass is 9.87. The normalized spacial score (nSPS) is 20.1. The Kier molecular flexibility index (Phi) is 7.02. The van der Waals surface area contributed by atoms with Gasteiger partial charge in [0.2, 0.25) is 15.9 Å². The summed E-state index contributed by atoms with van der Waals surface area (Å²) >= 11 is 0. The highest BCUT2D eigenvalue weighted by molar-refractivity contribution is 7.89. The van der Waals surface area contributed by atoms with Gasteiger partial charge in [0, 0.05) is 37.1 Å². The highest BCUT2D eigenvalue weighted by atomic mass is 32.2. The second-order valence-corrected chi connectivity index (χ2v) is 12.4. The molecule has 0 aliphatic heterocycles. The number of sulfonamides is 1. The molecule has 0 spiro atoms. The number of rotatable bonds is 8. The quantitative estimate of drug-likeness (QED) is 0.320. The van der Waals surface area contributed by atoms with Crippen LogP contribution in [0, 0.1) is 11.7 Å². The minimum atomic E-state index is -3.95. The SMILES string of the molecule is Cn1ccnc1CN(C(=O)[C@@H]1C[C@@H]1c1ccccc1)c1ccc2c(c1)[C@H](NS(=O)(=O)c1cccc(F)c1)CCC2. The highest BCUT2D eigenvalue weighted by Crippen LogP contribution is 2.49. The number of nitrogens with one attached hydrogen (secondary N) is 1. The number of halogens is 1. The first kappa shape index (κ1) is 26.4. The minimum Gasteiger partial charge on any atom is -0.337 e. The summed E-state index contributed by atoms with van der Waals surface area (Å²) in [6.07, 6.45) is 6.61. The molecule has 1 fully saturated rings. The van der Waals surface area contributed by atoms with Crippen LogP contribution in [0.1, 0.15) is 53.7 Å². The number of benzene rings is 3. The van der Waals surface area contributed by atoms with Gasteiger partial charge >= 0.3 is 0 Å². The molecule has 3 atom stereocenters. The Morgan fingerprint density at radius 1 is 1.10 bits per heavy atom. The maximum Gasteiger partial charge on any atom is 0.241 e. The van der Waals surface area contributed by atoms with Crippen molar-refractivity contribution < 1.29 is 17.6 Å². The molecule has 0 radical (unpaired) electrons. The van der Waals surface area contributed by atoms with Crippen LogP contribution < -0.4 is 9.62 Å². The van der Waals surface area contributed by atoms with E-state index in [4.69, 9.17) is 0 Å².